The Morgan fingerprint density at radius 3 is 2.40 bits per heavy atom. The Hall–Kier alpha value is -1.89. The Morgan fingerprint density at radius 1 is 1.03 bits per heavy atom. The fourth-order valence-electron chi connectivity index (χ4n) is 4.90. The summed E-state index contributed by atoms with van der Waals surface area (Å²) in [6, 6.07) is 11.4. The van der Waals surface area contributed by atoms with Crippen LogP contribution in [0.15, 0.2) is 30.3 Å². The third-order valence-corrected chi connectivity index (χ3v) is 6.41. The molecule has 0 bridgehead atoms. The summed E-state index contributed by atoms with van der Waals surface area (Å²) in [6.07, 6.45) is 2.62. The van der Waals surface area contributed by atoms with E-state index in [2.05, 4.69) is 71.0 Å². The average Bonchev–Trinajstić information content (AvgIpc) is 3.40. The second-order valence-electron chi connectivity index (χ2n) is 8.87. The van der Waals surface area contributed by atoms with E-state index in [1.54, 1.807) is 0 Å². The summed E-state index contributed by atoms with van der Waals surface area (Å²) in [5, 5.41) is 8.71. The fraction of sp³-hybridized carbons (Fsp3) is 0.625. The van der Waals surface area contributed by atoms with E-state index in [4.69, 9.17) is 9.84 Å². The van der Waals surface area contributed by atoms with Crippen LogP contribution in [0.1, 0.15) is 55.5 Å². The van der Waals surface area contributed by atoms with E-state index in [9.17, 15) is 0 Å². The molecule has 1 N–H and O–H groups in total. The van der Waals surface area contributed by atoms with Crippen LogP contribution in [0.5, 0.6) is 0 Å². The zero-order valence-corrected chi connectivity index (χ0v) is 18.8. The number of aromatic nitrogens is 2. The van der Waals surface area contributed by atoms with E-state index >= 15 is 0 Å². The lowest BCUT2D eigenvalue weighted by atomic mass is 10.0. The van der Waals surface area contributed by atoms with Crippen LogP contribution in [0, 0.1) is 0 Å². The smallest absolute Gasteiger partial charge is 0.131 e. The zero-order valence-electron chi connectivity index (χ0n) is 18.8. The van der Waals surface area contributed by atoms with E-state index in [0.29, 0.717) is 12.0 Å². The lowest BCUT2D eigenvalue weighted by Crippen LogP contribution is -2.38. The van der Waals surface area contributed by atoms with E-state index in [1.807, 2.05) is 0 Å². The molecular formula is C24H37N5O. The van der Waals surface area contributed by atoms with Crippen LogP contribution < -0.4 is 10.2 Å². The van der Waals surface area contributed by atoms with Gasteiger partial charge in [0, 0.05) is 44.8 Å². The van der Waals surface area contributed by atoms with E-state index in [1.165, 1.54) is 48.6 Å². The molecule has 1 aromatic carbocycles. The Kier molecular flexibility index (Phi) is 7.08. The SMILES string of the molecule is CC(C)c1nn(C)c(N2CCOCC2)c1CNCC(c1ccccc1)N1CCCC1. The van der Waals surface area contributed by atoms with Gasteiger partial charge in [-0.1, -0.05) is 44.2 Å². The van der Waals surface area contributed by atoms with Crippen molar-refractivity contribution in [1.29, 1.82) is 0 Å². The van der Waals surface area contributed by atoms with Gasteiger partial charge in [-0.2, -0.15) is 5.10 Å². The van der Waals surface area contributed by atoms with Crippen LogP contribution in [0.25, 0.3) is 0 Å². The molecule has 3 heterocycles. The molecule has 30 heavy (non-hydrogen) atoms. The Bertz CT molecular complexity index is 791. The molecule has 2 fully saturated rings. The van der Waals surface area contributed by atoms with Crippen molar-refractivity contribution in [3.63, 3.8) is 0 Å². The number of morpholine rings is 1. The highest BCUT2D eigenvalue weighted by Gasteiger charge is 2.26. The van der Waals surface area contributed by atoms with Crippen LogP contribution in [0.3, 0.4) is 0 Å². The van der Waals surface area contributed by atoms with Gasteiger partial charge >= 0.3 is 0 Å². The van der Waals surface area contributed by atoms with Gasteiger partial charge < -0.3 is 15.0 Å². The summed E-state index contributed by atoms with van der Waals surface area (Å²) in [5.74, 6) is 1.67. The van der Waals surface area contributed by atoms with Crippen molar-refractivity contribution in [1.82, 2.24) is 20.0 Å². The summed E-state index contributed by atoms with van der Waals surface area (Å²) in [6.45, 7) is 12.1. The molecule has 0 amide bonds. The highest BCUT2D eigenvalue weighted by atomic mass is 16.5. The molecule has 2 aliphatic heterocycles. The molecule has 2 aliphatic rings. The molecule has 6 heteroatoms. The van der Waals surface area contributed by atoms with Gasteiger partial charge in [-0.15, -0.1) is 0 Å². The van der Waals surface area contributed by atoms with Crippen molar-refractivity contribution in [2.45, 2.75) is 45.2 Å². The number of benzene rings is 1. The quantitative estimate of drug-likeness (QED) is 0.722. The maximum absolute atomic E-state index is 5.58. The van der Waals surface area contributed by atoms with Gasteiger partial charge in [-0.05, 0) is 37.4 Å². The predicted molar refractivity (Wildman–Crippen MR) is 122 cm³/mol. The second-order valence-corrected chi connectivity index (χ2v) is 8.87. The van der Waals surface area contributed by atoms with Gasteiger partial charge in [-0.25, -0.2) is 0 Å². The largest absolute Gasteiger partial charge is 0.378 e. The average molecular weight is 412 g/mol. The molecule has 2 saturated heterocycles. The Labute approximate surface area is 181 Å². The molecule has 0 aliphatic carbocycles. The molecule has 1 aromatic heterocycles. The van der Waals surface area contributed by atoms with E-state index < -0.39 is 0 Å². The molecule has 4 rings (SSSR count). The van der Waals surface area contributed by atoms with Crippen LogP contribution in [-0.2, 0) is 18.3 Å². The minimum Gasteiger partial charge on any atom is -0.378 e. The molecule has 164 valence electrons. The molecule has 1 atom stereocenters. The standard InChI is InChI=1S/C24H37N5O/c1-19(2)23-21(24(27(3)26-23)29-13-15-30-16-14-29)17-25-18-22(28-11-7-8-12-28)20-9-5-4-6-10-20/h4-6,9-10,19,22,25H,7-8,11-18H2,1-3H3. The van der Waals surface area contributed by atoms with Crippen molar-refractivity contribution in [3.05, 3.63) is 47.2 Å². The summed E-state index contributed by atoms with van der Waals surface area (Å²) >= 11 is 0. The number of nitrogens with one attached hydrogen (secondary N) is 1. The van der Waals surface area contributed by atoms with E-state index in [0.717, 1.165) is 39.4 Å². The molecule has 0 spiro atoms. The highest BCUT2D eigenvalue weighted by Crippen LogP contribution is 2.30. The van der Waals surface area contributed by atoms with E-state index in [-0.39, 0.29) is 0 Å². The van der Waals surface area contributed by atoms with Crippen molar-refractivity contribution in [2.75, 3.05) is 50.8 Å². The van der Waals surface area contributed by atoms with Crippen molar-refractivity contribution >= 4 is 5.82 Å². The summed E-state index contributed by atoms with van der Waals surface area (Å²) < 4.78 is 7.66. The van der Waals surface area contributed by atoms with Gasteiger partial charge in [0.1, 0.15) is 5.82 Å². The third kappa shape index (κ3) is 4.71. The van der Waals surface area contributed by atoms with Crippen LogP contribution in [0.2, 0.25) is 0 Å². The van der Waals surface area contributed by atoms with Gasteiger partial charge in [0.25, 0.3) is 0 Å². The normalized spacial score (nSPS) is 19.0. The maximum atomic E-state index is 5.58. The monoisotopic (exact) mass is 411 g/mol. The lowest BCUT2D eigenvalue weighted by Gasteiger charge is -2.30. The van der Waals surface area contributed by atoms with Gasteiger partial charge in [0.2, 0.25) is 0 Å². The van der Waals surface area contributed by atoms with Gasteiger partial charge in [0.05, 0.1) is 18.9 Å². The molecular weight excluding hydrogens is 374 g/mol. The van der Waals surface area contributed by atoms with Crippen molar-refractivity contribution in [2.24, 2.45) is 7.05 Å². The number of hydrogen-bond acceptors (Lipinski definition) is 5. The summed E-state index contributed by atoms with van der Waals surface area (Å²) in [7, 11) is 2.08. The first-order chi connectivity index (χ1) is 14.6. The second kappa shape index (κ2) is 9.94. The van der Waals surface area contributed by atoms with Crippen molar-refractivity contribution < 1.29 is 4.74 Å². The topological polar surface area (TPSA) is 45.6 Å². The number of likely N-dealkylation sites (tertiary alicyclic amines) is 1. The van der Waals surface area contributed by atoms with Crippen LogP contribution in [0.4, 0.5) is 5.82 Å². The first-order valence-electron chi connectivity index (χ1n) is 11.5. The molecule has 0 saturated carbocycles. The van der Waals surface area contributed by atoms with Gasteiger partial charge in [0.15, 0.2) is 0 Å². The van der Waals surface area contributed by atoms with Gasteiger partial charge in [-0.3, -0.25) is 9.58 Å². The Balaban J connectivity index is 1.51. The number of aryl methyl sites for hydroxylation is 1. The van der Waals surface area contributed by atoms with Crippen LogP contribution in [-0.4, -0.2) is 60.6 Å². The number of rotatable bonds is 8. The molecule has 6 nitrogen and oxygen atoms in total. The van der Waals surface area contributed by atoms with Crippen molar-refractivity contribution in [3.8, 4) is 0 Å². The predicted octanol–water partition coefficient (Wildman–Crippen LogP) is 3.31. The molecule has 1 unspecified atom stereocenters. The number of nitrogens with zero attached hydrogens (tertiary/aromatic N) is 4. The fourth-order valence-corrected chi connectivity index (χ4v) is 4.90. The minimum absolute atomic E-state index is 0.409. The Morgan fingerprint density at radius 2 is 1.73 bits per heavy atom. The first-order valence-corrected chi connectivity index (χ1v) is 11.5. The highest BCUT2D eigenvalue weighted by molar-refractivity contribution is 5.51. The third-order valence-electron chi connectivity index (χ3n) is 6.41. The zero-order chi connectivity index (χ0) is 20.9. The maximum Gasteiger partial charge on any atom is 0.131 e. The molecule has 2 aromatic rings. The lowest BCUT2D eigenvalue weighted by molar-refractivity contribution is 0.122. The summed E-state index contributed by atoms with van der Waals surface area (Å²) in [5.41, 5.74) is 3.97. The number of hydrogen-bond donors (Lipinski definition) is 1. The summed E-state index contributed by atoms with van der Waals surface area (Å²) in [4.78, 5) is 5.08. The number of ether oxygens (including phenoxy) is 1. The number of anilines is 1. The van der Waals surface area contributed by atoms with Crippen LogP contribution >= 0.6 is 0 Å². The molecule has 0 radical (unpaired) electrons. The first kappa shape index (κ1) is 21.3. The minimum atomic E-state index is 0.409.